The van der Waals surface area contributed by atoms with Crippen molar-refractivity contribution in [2.45, 2.75) is 26.9 Å². The first-order chi connectivity index (χ1) is 15.0. The van der Waals surface area contributed by atoms with Gasteiger partial charge in [0.05, 0.1) is 29.7 Å². The molecule has 8 heteroatoms. The van der Waals surface area contributed by atoms with Crippen LogP contribution in [-0.4, -0.2) is 37.7 Å². The van der Waals surface area contributed by atoms with Crippen molar-refractivity contribution in [3.8, 4) is 17.1 Å². The number of amides is 1. The first-order valence-corrected chi connectivity index (χ1v) is 11.2. The summed E-state index contributed by atoms with van der Waals surface area (Å²) in [5.41, 5.74) is 10.4. The number of aromatic nitrogens is 4. The van der Waals surface area contributed by atoms with Gasteiger partial charge >= 0.3 is 0 Å². The Bertz CT molecular complexity index is 1320. The third-order valence-corrected chi connectivity index (χ3v) is 5.65. The lowest BCUT2D eigenvalue weighted by atomic mass is 10.1. The van der Waals surface area contributed by atoms with Crippen molar-refractivity contribution in [1.29, 1.82) is 0 Å². The predicted molar refractivity (Wildman–Crippen MR) is 127 cm³/mol. The number of hydrogen-bond donors (Lipinski definition) is 1. The Labute approximate surface area is 188 Å². The highest BCUT2D eigenvalue weighted by Gasteiger charge is 2.19. The number of aryl methyl sites for hydroxylation is 2. The number of pyridine rings is 1. The highest BCUT2D eigenvalue weighted by Crippen LogP contribution is 2.36. The maximum atomic E-state index is 11.9. The zero-order chi connectivity index (χ0) is 22.1. The van der Waals surface area contributed by atoms with E-state index in [4.69, 9.17) is 15.5 Å². The number of alkyl halides is 1. The topological polar surface area (TPSA) is 88.0 Å². The number of ether oxygens (including phenoxy) is 1. The maximum absolute atomic E-state index is 11.9. The lowest BCUT2D eigenvalue weighted by molar-refractivity contribution is 0.1000. The molecular formula is C23H24BrN5O2. The molecule has 3 aromatic heterocycles. The number of halogens is 1. The maximum Gasteiger partial charge on any atom is 0.248 e. The summed E-state index contributed by atoms with van der Waals surface area (Å²) in [6.07, 6.45) is 4.12. The third-order valence-electron chi connectivity index (χ3n) is 5.28. The summed E-state index contributed by atoms with van der Waals surface area (Å²) in [6, 6.07) is 9.57. The van der Waals surface area contributed by atoms with Gasteiger partial charge < -0.3 is 15.0 Å². The van der Waals surface area contributed by atoms with Gasteiger partial charge in [-0.3, -0.25) is 9.48 Å². The van der Waals surface area contributed by atoms with Gasteiger partial charge in [0, 0.05) is 34.8 Å². The first kappa shape index (κ1) is 21.1. The molecule has 0 atom stereocenters. The first-order valence-electron chi connectivity index (χ1n) is 10.0. The Morgan fingerprint density at radius 2 is 2.03 bits per heavy atom. The molecular weight excluding hydrogens is 458 g/mol. The third kappa shape index (κ3) is 3.72. The van der Waals surface area contributed by atoms with Crippen molar-refractivity contribution < 1.29 is 9.53 Å². The van der Waals surface area contributed by atoms with Gasteiger partial charge in [-0.2, -0.15) is 5.10 Å². The van der Waals surface area contributed by atoms with Crippen LogP contribution in [0.2, 0.25) is 0 Å². The number of nitrogens with two attached hydrogens (primary N) is 1. The van der Waals surface area contributed by atoms with Gasteiger partial charge in [-0.15, -0.1) is 0 Å². The van der Waals surface area contributed by atoms with Crippen molar-refractivity contribution in [2.75, 3.05) is 12.4 Å². The fourth-order valence-corrected chi connectivity index (χ4v) is 4.18. The SMILES string of the molecule is CCn1nc(C)cc1-c1ccc2c3cc(C(N)=O)cc(OC)c3n(C/C=C/CBr)c2n1. The lowest BCUT2D eigenvalue weighted by Crippen LogP contribution is -2.11. The molecule has 1 amide bonds. The van der Waals surface area contributed by atoms with E-state index >= 15 is 0 Å². The Balaban J connectivity index is 2.05. The number of hydrogen-bond acceptors (Lipinski definition) is 4. The molecule has 2 N–H and O–H groups in total. The molecule has 160 valence electrons. The number of fused-ring (bicyclic) bond motifs is 3. The number of primary amides is 1. The van der Waals surface area contributed by atoms with E-state index in [0.29, 0.717) is 17.9 Å². The van der Waals surface area contributed by atoms with E-state index in [1.165, 1.54) is 0 Å². The zero-order valence-electron chi connectivity index (χ0n) is 17.7. The fraction of sp³-hybridized carbons (Fsp3) is 0.261. The second-order valence-corrected chi connectivity index (χ2v) is 7.88. The molecule has 0 saturated carbocycles. The molecule has 4 rings (SSSR count). The van der Waals surface area contributed by atoms with E-state index in [2.05, 4.69) is 38.6 Å². The van der Waals surface area contributed by atoms with Crippen LogP contribution in [0.1, 0.15) is 23.0 Å². The van der Waals surface area contributed by atoms with Crippen molar-refractivity contribution in [2.24, 2.45) is 5.73 Å². The number of rotatable bonds is 7. The minimum absolute atomic E-state index is 0.406. The van der Waals surface area contributed by atoms with Crippen LogP contribution in [0.4, 0.5) is 0 Å². The summed E-state index contributed by atoms with van der Waals surface area (Å²) >= 11 is 3.43. The van der Waals surface area contributed by atoms with Gasteiger partial charge in [0.25, 0.3) is 0 Å². The predicted octanol–water partition coefficient (Wildman–Crippen LogP) is 4.44. The van der Waals surface area contributed by atoms with Crippen molar-refractivity contribution in [1.82, 2.24) is 19.3 Å². The van der Waals surface area contributed by atoms with Gasteiger partial charge in [-0.1, -0.05) is 28.1 Å². The average Bonchev–Trinajstić information content (AvgIpc) is 3.30. The van der Waals surface area contributed by atoms with E-state index in [1.54, 1.807) is 13.2 Å². The van der Waals surface area contributed by atoms with Gasteiger partial charge in [-0.25, -0.2) is 4.98 Å². The van der Waals surface area contributed by atoms with Gasteiger partial charge in [0.2, 0.25) is 5.91 Å². The van der Waals surface area contributed by atoms with Crippen LogP contribution in [0.15, 0.2) is 42.5 Å². The average molecular weight is 482 g/mol. The van der Waals surface area contributed by atoms with Crippen molar-refractivity contribution in [3.63, 3.8) is 0 Å². The molecule has 0 aliphatic carbocycles. The Morgan fingerprint density at radius 3 is 2.71 bits per heavy atom. The fourth-order valence-electron chi connectivity index (χ4n) is 3.92. The van der Waals surface area contributed by atoms with E-state index in [1.807, 2.05) is 41.9 Å². The summed E-state index contributed by atoms with van der Waals surface area (Å²) in [6.45, 7) is 5.41. The zero-order valence-corrected chi connectivity index (χ0v) is 19.3. The summed E-state index contributed by atoms with van der Waals surface area (Å²) in [5, 5.41) is 7.14. The molecule has 0 aliphatic rings. The van der Waals surface area contributed by atoms with E-state index in [0.717, 1.165) is 50.9 Å². The molecule has 0 aliphatic heterocycles. The molecule has 4 aromatic rings. The second-order valence-electron chi connectivity index (χ2n) is 7.23. The minimum atomic E-state index is -0.493. The van der Waals surface area contributed by atoms with E-state index < -0.39 is 5.91 Å². The van der Waals surface area contributed by atoms with Crippen LogP contribution >= 0.6 is 15.9 Å². The highest BCUT2D eigenvalue weighted by atomic mass is 79.9. The molecule has 0 unspecified atom stereocenters. The molecule has 0 saturated heterocycles. The quantitative estimate of drug-likeness (QED) is 0.312. The lowest BCUT2D eigenvalue weighted by Gasteiger charge is -2.09. The smallest absolute Gasteiger partial charge is 0.248 e. The van der Waals surface area contributed by atoms with Gasteiger partial charge in [-0.05, 0) is 44.2 Å². The summed E-state index contributed by atoms with van der Waals surface area (Å²) < 4.78 is 9.70. The standard InChI is InChI=1S/C23H24BrN5O2/c1-4-29-19(11-14(2)27-29)18-8-7-16-17-12-15(22(25)30)13-20(31-3)21(17)28(23(16)26-18)10-6-5-9-24/h5-8,11-13H,4,9-10H2,1-3H3,(H2,25,30)/b6-5+. The molecule has 1 aromatic carbocycles. The molecule has 0 radical (unpaired) electrons. The molecule has 0 bridgehead atoms. The minimum Gasteiger partial charge on any atom is -0.495 e. The van der Waals surface area contributed by atoms with Crippen LogP contribution in [0.3, 0.4) is 0 Å². The Kier molecular flexibility index (Phi) is 5.82. The van der Waals surface area contributed by atoms with E-state index in [9.17, 15) is 4.79 Å². The molecule has 3 heterocycles. The van der Waals surface area contributed by atoms with Crippen LogP contribution < -0.4 is 10.5 Å². The van der Waals surface area contributed by atoms with Crippen LogP contribution in [0.25, 0.3) is 33.3 Å². The number of benzene rings is 1. The number of carbonyl (C=O) groups is 1. The number of carbonyl (C=O) groups excluding carboxylic acids is 1. The Hall–Kier alpha value is -3.13. The van der Waals surface area contributed by atoms with Crippen molar-refractivity contribution in [3.05, 3.63) is 53.7 Å². The monoisotopic (exact) mass is 481 g/mol. The van der Waals surface area contributed by atoms with E-state index in [-0.39, 0.29) is 0 Å². The number of nitrogens with zero attached hydrogens (tertiary/aromatic N) is 4. The van der Waals surface area contributed by atoms with Crippen molar-refractivity contribution >= 4 is 43.8 Å². The number of methoxy groups -OCH3 is 1. The van der Waals surface area contributed by atoms with Crippen LogP contribution in [-0.2, 0) is 13.1 Å². The molecule has 7 nitrogen and oxygen atoms in total. The largest absolute Gasteiger partial charge is 0.495 e. The highest BCUT2D eigenvalue weighted by molar-refractivity contribution is 9.09. The summed E-state index contributed by atoms with van der Waals surface area (Å²) in [4.78, 5) is 16.9. The normalized spacial score (nSPS) is 11.7. The van der Waals surface area contributed by atoms with Crippen LogP contribution in [0.5, 0.6) is 5.75 Å². The summed E-state index contributed by atoms with van der Waals surface area (Å²) in [7, 11) is 1.59. The van der Waals surface area contributed by atoms with Gasteiger partial charge in [0.1, 0.15) is 11.4 Å². The molecule has 0 spiro atoms. The second kappa shape index (κ2) is 8.55. The molecule has 0 fully saturated rings. The van der Waals surface area contributed by atoms with Crippen LogP contribution in [0, 0.1) is 6.92 Å². The van der Waals surface area contributed by atoms with Gasteiger partial charge in [0.15, 0.2) is 0 Å². The number of allylic oxidation sites excluding steroid dienone is 2. The Morgan fingerprint density at radius 1 is 1.23 bits per heavy atom. The molecule has 31 heavy (non-hydrogen) atoms. The summed E-state index contributed by atoms with van der Waals surface area (Å²) in [5.74, 6) is 0.0970.